The minimum Gasteiger partial charge on any atom is -0.480 e. The standard InChI is InChI=1S/C19H36N6O6S/c1-10(2)15(25-16(27)11(21)6-7-14(22)26)18(29)23-12(5-3-4-8-20)17(28)24-13(9-32)19(30)31/h10-13,15,32H,3-9,20-21H2,1-2H3,(H2,22,26)(H,23,29)(H,24,28)(H,25,27)(H,30,31). The highest BCUT2D eigenvalue weighted by Crippen LogP contribution is 2.07. The van der Waals surface area contributed by atoms with Crippen LogP contribution in [0, 0.1) is 5.92 Å². The molecule has 0 rings (SSSR count). The Hall–Kier alpha value is -2.38. The van der Waals surface area contributed by atoms with Gasteiger partial charge in [0.25, 0.3) is 0 Å². The van der Waals surface area contributed by atoms with E-state index >= 15 is 0 Å². The molecule has 0 bridgehead atoms. The van der Waals surface area contributed by atoms with E-state index < -0.39 is 53.8 Å². The van der Waals surface area contributed by atoms with Crippen molar-refractivity contribution in [2.75, 3.05) is 12.3 Å². The summed E-state index contributed by atoms with van der Waals surface area (Å²) < 4.78 is 0. The molecule has 0 saturated carbocycles. The van der Waals surface area contributed by atoms with Gasteiger partial charge in [0, 0.05) is 12.2 Å². The lowest BCUT2D eigenvalue weighted by molar-refractivity contribution is -0.141. The number of unbranched alkanes of at least 4 members (excludes halogenated alkanes) is 1. The third kappa shape index (κ3) is 11.3. The largest absolute Gasteiger partial charge is 0.480 e. The van der Waals surface area contributed by atoms with Gasteiger partial charge < -0.3 is 38.3 Å². The van der Waals surface area contributed by atoms with Crippen LogP contribution in [0.5, 0.6) is 0 Å². The van der Waals surface area contributed by atoms with Crippen LogP contribution >= 0.6 is 12.6 Å². The van der Waals surface area contributed by atoms with Crippen LogP contribution in [-0.2, 0) is 24.0 Å². The van der Waals surface area contributed by atoms with E-state index in [2.05, 4.69) is 28.6 Å². The summed E-state index contributed by atoms with van der Waals surface area (Å²) in [5, 5.41) is 16.6. The van der Waals surface area contributed by atoms with Gasteiger partial charge in [-0.25, -0.2) is 4.79 Å². The van der Waals surface area contributed by atoms with Crippen LogP contribution in [0.15, 0.2) is 0 Å². The fourth-order valence-electron chi connectivity index (χ4n) is 2.71. The van der Waals surface area contributed by atoms with Crippen LogP contribution in [0.1, 0.15) is 46.0 Å². The summed E-state index contributed by atoms with van der Waals surface area (Å²) in [6.45, 7) is 3.79. The highest BCUT2D eigenvalue weighted by Gasteiger charge is 2.31. The highest BCUT2D eigenvalue weighted by atomic mass is 32.1. The number of hydrogen-bond donors (Lipinski definition) is 8. The second-order valence-corrected chi connectivity index (χ2v) is 8.13. The lowest BCUT2D eigenvalue weighted by Crippen LogP contribution is -2.58. The van der Waals surface area contributed by atoms with E-state index in [1.807, 2.05) is 0 Å². The number of nitrogens with two attached hydrogens (primary N) is 3. The monoisotopic (exact) mass is 476 g/mol. The quantitative estimate of drug-likeness (QED) is 0.0902. The number of carboxylic acid groups (broad SMARTS) is 1. The van der Waals surface area contributed by atoms with Gasteiger partial charge in [-0.2, -0.15) is 12.6 Å². The Labute approximate surface area is 193 Å². The number of carboxylic acids is 1. The molecule has 0 aromatic rings. The van der Waals surface area contributed by atoms with Crippen LogP contribution in [0.25, 0.3) is 0 Å². The molecule has 184 valence electrons. The van der Waals surface area contributed by atoms with E-state index in [4.69, 9.17) is 22.3 Å². The molecule has 13 heteroatoms. The summed E-state index contributed by atoms with van der Waals surface area (Å²) in [5.41, 5.74) is 16.3. The molecule has 4 amide bonds. The maximum absolute atomic E-state index is 12.9. The van der Waals surface area contributed by atoms with E-state index in [-0.39, 0.29) is 30.9 Å². The summed E-state index contributed by atoms with van der Waals surface area (Å²) in [6.07, 6.45) is 1.30. The molecule has 0 aromatic carbocycles. The number of hydrogen-bond acceptors (Lipinski definition) is 8. The summed E-state index contributed by atoms with van der Waals surface area (Å²) >= 11 is 3.91. The van der Waals surface area contributed by atoms with Crippen LogP contribution in [0.4, 0.5) is 0 Å². The average Bonchev–Trinajstić information content (AvgIpc) is 2.72. The van der Waals surface area contributed by atoms with E-state index in [1.54, 1.807) is 13.8 Å². The first-order valence-corrected chi connectivity index (χ1v) is 11.1. The van der Waals surface area contributed by atoms with Crippen LogP contribution in [-0.4, -0.2) is 71.2 Å². The topological polar surface area (TPSA) is 220 Å². The minimum atomic E-state index is -1.25. The zero-order chi connectivity index (χ0) is 24.8. The Morgan fingerprint density at radius 2 is 1.50 bits per heavy atom. The summed E-state index contributed by atoms with van der Waals surface area (Å²) in [6, 6.07) is -4.29. The van der Waals surface area contributed by atoms with Crippen molar-refractivity contribution >= 4 is 42.2 Å². The van der Waals surface area contributed by atoms with Crippen molar-refractivity contribution in [1.29, 1.82) is 0 Å². The molecule has 12 nitrogen and oxygen atoms in total. The molecule has 0 fully saturated rings. The number of nitrogens with one attached hydrogen (secondary N) is 3. The fourth-order valence-corrected chi connectivity index (χ4v) is 2.95. The zero-order valence-corrected chi connectivity index (χ0v) is 19.4. The Kier molecular flexibility index (Phi) is 14.3. The van der Waals surface area contributed by atoms with Gasteiger partial charge in [-0.15, -0.1) is 0 Å². The van der Waals surface area contributed by atoms with E-state index in [0.717, 1.165) is 0 Å². The van der Waals surface area contributed by atoms with Crippen molar-refractivity contribution in [3.63, 3.8) is 0 Å². The zero-order valence-electron chi connectivity index (χ0n) is 18.5. The lowest BCUT2D eigenvalue weighted by Gasteiger charge is -2.27. The van der Waals surface area contributed by atoms with Gasteiger partial charge >= 0.3 is 5.97 Å². The van der Waals surface area contributed by atoms with Crippen molar-refractivity contribution in [1.82, 2.24) is 16.0 Å². The SMILES string of the molecule is CC(C)C(NC(=O)C(N)CCC(N)=O)C(=O)NC(CCCCN)C(=O)NC(CS)C(=O)O. The van der Waals surface area contributed by atoms with Crippen molar-refractivity contribution in [2.24, 2.45) is 23.1 Å². The third-order valence-corrected chi connectivity index (χ3v) is 5.03. The number of primary amides is 1. The highest BCUT2D eigenvalue weighted by molar-refractivity contribution is 7.80. The molecule has 0 aliphatic rings. The van der Waals surface area contributed by atoms with Gasteiger partial charge in [-0.3, -0.25) is 19.2 Å². The number of rotatable bonds is 16. The summed E-state index contributed by atoms with van der Waals surface area (Å²) in [5.74, 6) is -4.26. The van der Waals surface area contributed by atoms with Crippen LogP contribution in [0.3, 0.4) is 0 Å². The van der Waals surface area contributed by atoms with Gasteiger partial charge in [-0.05, 0) is 38.1 Å². The maximum atomic E-state index is 12.9. The van der Waals surface area contributed by atoms with E-state index in [0.29, 0.717) is 19.4 Å². The molecule has 0 saturated heterocycles. The average molecular weight is 477 g/mol. The van der Waals surface area contributed by atoms with Gasteiger partial charge in [-0.1, -0.05) is 13.8 Å². The number of aliphatic carboxylic acids is 1. The Balaban J connectivity index is 5.30. The van der Waals surface area contributed by atoms with Gasteiger partial charge in [0.1, 0.15) is 18.1 Å². The number of carbonyl (C=O) groups excluding carboxylic acids is 4. The van der Waals surface area contributed by atoms with Crippen molar-refractivity contribution in [2.45, 2.75) is 70.1 Å². The van der Waals surface area contributed by atoms with E-state index in [1.165, 1.54) is 0 Å². The number of carbonyl (C=O) groups is 5. The third-order valence-electron chi connectivity index (χ3n) is 4.66. The molecule has 0 aromatic heterocycles. The first-order chi connectivity index (χ1) is 14.9. The van der Waals surface area contributed by atoms with Crippen molar-refractivity contribution in [3.05, 3.63) is 0 Å². The van der Waals surface area contributed by atoms with Gasteiger partial charge in [0.05, 0.1) is 6.04 Å². The van der Waals surface area contributed by atoms with Gasteiger partial charge in [0.15, 0.2) is 0 Å². The lowest BCUT2D eigenvalue weighted by atomic mass is 10.0. The first kappa shape index (κ1) is 29.6. The van der Waals surface area contributed by atoms with Crippen molar-refractivity contribution < 1.29 is 29.1 Å². The predicted molar refractivity (Wildman–Crippen MR) is 121 cm³/mol. The maximum Gasteiger partial charge on any atom is 0.327 e. The molecule has 0 aliphatic carbocycles. The van der Waals surface area contributed by atoms with Gasteiger partial charge in [0.2, 0.25) is 23.6 Å². The van der Waals surface area contributed by atoms with E-state index in [9.17, 15) is 24.0 Å². The molecule has 0 radical (unpaired) electrons. The Bertz CT molecular complexity index is 662. The molecule has 32 heavy (non-hydrogen) atoms. The Morgan fingerprint density at radius 3 is 1.97 bits per heavy atom. The number of thiol groups is 1. The fraction of sp³-hybridized carbons (Fsp3) is 0.737. The normalized spacial score (nSPS) is 14.7. The molecule has 0 heterocycles. The molecule has 10 N–H and O–H groups in total. The first-order valence-electron chi connectivity index (χ1n) is 10.4. The predicted octanol–water partition coefficient (Wildman–Crippen LogP) is -2.17. The molecule has 4 unspecified atom stereocenters. The Morgan fingerprint density at radius 1 is 0.906 bits per heavy atom. The number of amides is 4. The van der Waals surface area contributed by atoms with Crippen LogP contribution < -0.4 is 33.2 Å². The minimum absolute atomic E-state index is 0.0258. The second kappa shape index (κ2) is 15.4. The van der Waals surface area contributed by atoms with Crippen molar-refractivity contribution in [3.8, 4) is 0 Å². The summed E-state index contributed by atoms with van der Waals surface area (Å²) in [7, 11) is 0. The molecular formula is C19H36N6O6S. The smallest absolute Gasteiger partial charge is 0.327 e. The molecule has 0 aliphatic heterocycles. The molecular weight excluding hydrogens is 440 g/mol. The summed E-state index contributed by atoms with van der Waals surface area (Å²) in [4.78, 5) is 59.9. The molecule has 4 atom stereocenters. The second-order valence-electron chi connectivity index (χ2n) is 7.77. The van der Waals surface area contributed by atoms with Crippen LogP contribution in [0.2, 0.25) is 0 Å². The molecule has 0 spiro atoms.